The zero-order valence-corrected chi connectivity index (χ0v) is 10.3. The molecule has 0 radical (unpaired) electrons. The summed E-state index contributed by atoms with van der Waals surface area (Å²) in [6.07, 6.45) is -0.970. The maximum atomic E-state index is 11.3. The van der Waals surface area contributed by atoms with E-state index in [0.717, 1.165) is 0 Å². The number of carboxylic acid groups (broad SMARTS) is 1. The number of rotatable bonds is 6. The number of carbonyl (C=O) groups is 4. The maximum Gasteiger partial charge on any atom is 0.375 e. The van der Waals surface area contributed by atoms with Crippen molar-refractivity contribution in [2.45, 2.75) is 39.7 Å². The van der Waals surface area contributed by atoms with Crippen molar-refractivity contribution in [1.82, 2.24) is 0 Å². The summed E-state index contributed by atoms with van der Waals surface area (Å²) < 4.78 is 4.91. The van der Waals surface area contributed by atoms with Crippen LogP contribution in [0.5, 0.6) is 0 Å². The number of hydrogen-bond acceptors (Lipinski definition) is 5. The van der Waals surface area contributed by atoms with Gasteiger partial charge in [-0.2, -0.15) is 0 Å². The van der Waals surface area contributed by atoms with Gasteiger partial charge in [0.2, 0.25) is 11.6 Å². The highest BCUT2D eigenvalue weighted by Gasteiger charge is 2.31. The van der Waals surface area contributed by atoms with Crippen molar-refractivity contribution in [3.8, 4) is 0 Å². The minimum absolute atomic E-state index is 0.0191. The zero-order chi connectivity index (χ0) is 13.8. The van der Waals surface area contributed by atoms with Crippen LogP contribution in [0.15, 0.2) is 0 Å². The van der Waals surface area contributed by atoms with Crippen molar-refractivity contribution < 1.29 is 29.0 Å². The number of esters is 1. The topological polar surface area (TPSA) is 97.7 Å². The SMILES string of the molecule is CC(C)C(C)(C)OC(=O)C(=O)CC(=O)C(=O)O. The van der Waals surface area contributed by atoms with Gasteiger partial charge in [-0.15, -0.1) is 0 Å². The van der Waals surface area contributed by atoms with E-state index in [4.69, 9.17) is 9.84 Å². The lowest BCUT2D eigenvalue weighted by atomic mass is 9.94. The summed E-state index contributed by atoms with van der Waals surface area (Å²) in [5.74, 6) is -5.41. The second kappa shape index (κ2) is 5.56. The lowest BCUT2D eigenvalue weighted by Gasteiger charge is -2.28. The summed E-state index contributed by atoms with van der Waals surface area (Å²) in [5, 5.41) is 8.28. The van der Waals surface area contributed by atoms with Crippen LogP contribution in [0.25, 0.3) is 0 Å². The number of Topliss-reactive ketones (excluding diaryl/α,β-unsaturated/α-hetero) is 2. The predicted octanol–water partition coefficient (Wildman–Crippen LogP) is 0.577. The van der Waals surface area contributed by atoms with Crippen molar-refractivity contribution >= 4 is 23.5 Å². The molecule has 0 bridgehead atoms. The van der Waals surface area contributed by atoms with Gasteiger partial charge in [0.25, 0.3) is 0 Å². The molecular formula is C11H16O6. The maximum absolute atomic E-state index is 11.3. The van der Waals surface area contributed by atoms with Gasteiger partial charge in [0, 0.05) is 0 Å². The van der Waals surface area contributed by atoms with Gasteiger partial charge in [0.15, 0.2) is 0 Å². The molecule has 17 heavy (non-hydrogen) atoms. The Kier molecular flexibility index (Phi) is 5.00. The number of hydrogen-bond donors (Lipinski definition) is 1. The minimum atomic E-state index is -1.74. The van der Waals surface area contributed by atoms with Crippen LogP contribution in [-0.4, -0.2) is 34.2 Å². The van der Waals surface area contributed by atoms with E-state index in [1.807, 2.05) is 0 Å². The van der Waals surface area contributed by atoms with E-state index < -0.39 is 35.5 Å². The first kappa shape index (κ1) is 15.3. The third-order valence-electron chi connectivity index (χ3n) is 2.53. The minimum Gasteiger partial charge on any atom is -0.475 e. The summed E-state index contributed by atoms with van der Waals surface area (Å²) in [5.41, 5.74) is -0.848. The molecule has 0 aliphatic carbocycles. The van der Waals surface area contributed by atoms with Gasteiger partial charge in [-0.05, 0) is 19.8 Å². The van der Waals surface area contributed by atoms with E-state index in [-0.39, 0.29) is 5.92 Å². The van der Waals surface area contributed by atoms with Gasteiger partial charge in [0.1, 0.15) is 5.60 Å². The summed E-state index contributed by atoms with van der Waals surface area (Å²) in [6.45, 7) is 6.87. The highest BCUT2D eigenvalue weighted by Crippen LogP contribution is 2.20. The van der Waals surface area contributed by atoms with Crippen molar-refractivity contribution in [2.24, 2.45) is 5.92 Å². The second-order valence-corrected chi connectivity index (χ2v) is 4.48. The Labute approximate surface area is 98.9 Å². The molecule has 0 amide bonds. The highest BCUT2D eigenvalue weighted by molar-refractivity contribution is 6.45. The Morgan fingerprint density at radius 1 is 1.12 bits per heavy atom. The Morgan fingerprint density at radius 3 is 1.94 bits per heavy atom. The third kappa shape index (κ3) is 4.76. The number of carboxylic acids is 1. The molecule has 0 aromatic heterocycles. The van der Waals surface area contributed by atoms with Crippen molar-refractivity contribution in [1.29, 1.82) is 0 Å². The standard InChI is InChI=1S/C11H16O6/c1-6(2)11(3,4)17-10(16)8(13)5-7(12)9(14)15/h6H,5H2,1-4H3,(H,14,15). The van der Waals surface area contributed by atoms with E-state index in [9.17, 15) is 19.2 Å². The first-order chi connectivity index (χ1) is 7.58. The van der Waals surface area contributed by atoms with Gasteiger partial charge >= 0.3 is 11.9 Å². The molecule has 0 saturated carbocycles. The molecule has 0 fully saturated rings. The highest BCUT2D eigenvalue weighted by atomic mass is 16.6. The van der Waals surface area contributed by atoms with Crippen LogP contribution in [0, 0.1) is 5.92 Å². The Hall–Kier alpha value is -1.72. The lowest BCUT2D eigenvalue weighted by molar-refractivity contribution is -0.167. The van der Waals surface area contributed by atoms with Crippen molar-refractivity contribution in [2.75, 3.05) is 0 Å². The normalized spacial score (nSPS) is 11.1. The third-order valence-corrected chi connectivity index (χ3v) is 2.53. The predicted molar refractivity (Wildman–Crippen MR) is 57.3 cm³/mol. The number of aliphatic carboxylic acids is 1. The molecule has 6 heteroatoms. The fourth-order valence-electron chi connectivity index (χ4n) is 0.707. The molecule has 1 N–H and O–H groups in total. The van der Waals surface area contributed by atoms with E-state index >= 15 is 0 Å². The molecule has 0 aromatic rings. The molecule has 0 unspecified atom stereocenters. The van der Waals surface area contributed by atoms with Gasteiger partial charge in [-0.3, -0.25) is 9.59 Å². The molecule has 6 nitrogen and oxygen atoms in total. The van der Waals surface area contributed by atoms with E-state index in [2.05, 4.69) is 0 Å². The van der Waals surface area contributed by atoms with Crippen LogP contribution in [0.4, 0.5) is 0 Å². The van der Waals surface area contributed by atoms with Crippen LogP contribution in [-0.2, 0) is 23.9 Å². The van der Waals surface area contributed by atoms with Crippen LogP contribution >= 0.6 is 0 Å². The number of ether oxygens (including phenoxy) is 1. The molecular weight excluding hydrogens is 228 g/mol. The summed E-state index contributed by atoms with van der Waals surface area (Å²) in [7, 11) is 0. The smallest absolute Gasteiger partial charge is 0.375 e. The van der Waals surface area contributed by atoms with Crippen LogP contribution in [0.3, 0.4) is 0 Å². The average molecular weight is 244 g/mol. The lowest BCUT2D eigenvalue weighted by Crippen LogP contribution is -2.37. The second-order valence-electron chi connectivity index (χ2n) is 4.48. The quantitative estimate of drug-likeness (QED) is 0.417. The molecule has 0 heterocycles. The van der Waals surface area contributed by atoms with Gasteiger partial charge < -0.3 is 9.84 Å². The van der Waals surface area contributed by atoms with Crippen LogP contribution in [0.2, 0.25) is 0 Å². The number of ketones is 2. The monoisotopic (exact) mass is 244 g/mol. The van der Waals surface area contributed by atoms with E-state index in [1.54, 1.807) is 27.7 Å². The average Bonchev–Trinajstić information content (AvgIpc) is 2.16. The summed E-state index contributed by atoms with van der Waals surface area (Å²) in [6, 6.07) is 0. The zero-order valence-electron chi connectivity index (χ0n) is 10.3. The van der Waals surface area contributed by atoms with Gasteiger partial charge in [0.05, 0.1) is 6.42 Å². The molecule has 0 saturated heterocycles. The molecule has 0 rings (SSSR count). The molecule has 0 atom stereocenters. The van der Waals surface area contributed by atoms with Gasteiger partial charge in [-0.25, -0.2) is 9.59 Å². The Bertz CT molecular complexity index is 353. The summed E-state index contributed by atoms with van der Waals surface area (Å²) in [4.78, 5) is 43.4. The van der Waals surface area contributed by atoms with Gasteiger partial charge in [-0.1, -0.05) is 13.8 Å². The first-order valence-electron chi connectivity index (χ1n) is 5.10. The van der Waals surface area contributed by atoms with E-state index in [1.165, 1.54) is 0 Å². The molecule has 0 spiro atoms. The molecule has 0 aliphatic rings. The van der Waals surface area contributed by atoms with Crippen LogP contribution < -0.4 is 0 Å². The molecule has 0 aromatic carbocycles. The van der Waals surface area contributed by atoms with E-state index in [0.29, 0.717) is 0 Å². The molecule has 96 valence electrons. The summed E-state index contributed by atoms with van der Waals surface area (Å²) >= 11 is 0. The fourth-order valence-corrected chi connectivity index (χ4v) is 0.707. The fraction of sp³-hybridized carbons (Fsp3) is 0.636. The van der Waals surface area contributed by atoms with Crippen molar-refractivity contribution in [3.63, 3.8) is 0 Å². The first-order valence-corrected chi connectivity index (χ1v) is 5.10. The largest absolute Gasteiger partial charge is 0.475 e. The Balaban J connectivity index is 4.49. The van der Waals surface area contributed by atoms with Crippen LogP contribution in [0.1, 0.15) is 34.1 Å². The van der Waals surface area contributed by atoms with Crippen molar-refractivity contribution in [3.05, 3.63) is 0 Å². The number of carbonyl (C=O) groups excluding carboxylic acids is 3. The Morgan fingerprint density at radius 2 is 1.59 bits per heavy atom. The molecule has 0 aliphatic heterocycles.